The van der Waals surface area contributed by atoms with Crippen molar-refractivity contribution in [3.05, 3.63) is 59.6 Å². The van der Waals surface area contributed by atoms with E-state index in [1.54, 1.807) is 6.92 Å². The third-order valence-electron chi connectivity index (χ3n) is 2.99. The lowest BCUT2D eigenvalue weighted by Gasteiger charge is -2.01. The summed E-state index contributed by atoms with van der Waals surface area (Å²) in [6.45, 7) is 3.92. The quantitative estimate of drug-likeness (QED) is 0.688. The predicted molar refractivity (Wildman–Crippen MR) is 75.8 cm³/mol. The summed E-state index contributed by atoms with van der Waals surface area (Å²) in [5, 5.41) is 0. The van der Waals surface area contributed by atoms with Crippen molar-refractivity contribution in [3.8, 4) is 0 Å². The second kappa shape index (κ2) is 5.32. The monoisotopic (exact) mass is 282 g/mol. The Morgan fingerprint density at radius 3 is 2.81 bits per heavy atom. The molecule has 0 atom stereocenters. The number of rotatable bonds is 3. The molecule has 0 bridgehead atoms. The van der Waals surface area contributed by atoms with E-state index in [0.717, 1.165) is 16.9 Å². The largest absolute Gasteiger partial charge is 0.454 e. The van der Waals surface area contributed by atoms with Crippen LogP contribution in [0.15, 0.2) is 36.9 Å². The normalized spacial score (nSPS) is 10.8. The number of fused-ring (bicyclic) bond motifs is 1. The molecule has 0 aromatic carbocycles. The molecule has 0 saturated heterocycles. The van der Waals surface area contributed by atoms with E-state index in [9.17, 15) is 4.79 Å². The van der Waals surface area contributed by atoms with Crippen LogP contribution in [0.4, 0.5) is 0 Å². The van der Waals surface area contributed by atoms with Crippen LogP contribution in [0.3, 0.4) is 0 Å². The molecule has 21 heavy (non-hydrogen) atoms. The van der Waals surface area contributed by atoms with E-state index in [2.05, 4.69) is 15.0 Å². The number of aromatic nitrogens is 4. The molecule has 6 heteroatoms. The van der Waals surface area contributed by atoms with Gasteiger partial charge in [0, 0.05) is 18.6 Å². The van der Waals surface area contributed by atoms with Crippen LogP contribution in [0.25, 0.3) is 5.65 Å². The minimum Gasteiger partial charge on any atom is -0.454 e. The maximum Gasteiger partial charge on any atom is 0.358 e. The summed E-state index contributed by atoms with van der Waals surface area (Å²) >= 11 is 0. The predicted octanol–water partition coefficient (Wildman–Crippen LogP) is 2.10. The average molecular weight is 282 g/mol. The van der Waals surface area contributed by atoms with Crippen molar-refractivity contribution in [3.63, 3.8) is 0 Å². The third kappa shape index (κ3) is 2.89. The van der Waals surface area contributed by atoms with Gasteiger partial charge in [-0.1, -0.05) is 6.07 Å². The number of carbonyl (C=O) groups excluding carboxylic acids is 1. The molecule has 3 aromatic heterocycles. The highest BCUT2D eigenvalue weighted by molar-refractivity contribution is 5.86. The molecule has 0 aliphatic carbocycles. The van der Waals surface area contributed by atoms with Crippen LogP contribution in [0.1, 0.15) is 27.4 Å². The SMILES string of the molecule is Cc1ccc2nc(COC(=O)c3cnc(C)cn3)cn2c1. The van der Waals surface area contributed by atoms with Gasteiger partial charge in [0.25, 0.3) is 0 Å². The Morgan fingerprint density at radius 1 is 1.19 bits per heavy atom. The summed E-state index contributed by atoms with van der Waals surface area (Å²) in [4.78, 5) is 24.2. The third-order valence-corrected chi connectivity index (χ3v) is 2.99. The molecule has 3 heterocycles. The summed E-state index contributed by atoms with van der Waals surface area (Å²) < 4.78 is 7.10. The van der Waals surface area contributed by atoms with Crippen LogP contribution in [0.5, 0.6) is 0 Å². The smallest absolute Gasteiger partial charge is 0.358 e. The van der Waals surface area contributed by atoms with Gasteiger partial charge >= 0.3 is 5.97 Å². The molecule has 6 nitrogen and oxygen atoms in total. The molecule has 0 aliphatic heterocycles. The van der Waals surface area contributed by atoms with E-state index in [0.29, 0.717) is 5.69 Å². The first-order valence-electron chi connectivity index (χ1n) is 6.52. The van der Waals surface area contributed by atoms with Crippen molar-refractivity contribution in [1.29, 1.82) is 0 Å². The fraction of sp³-hybridized carbons (Fsp3) is 0.200. The van der Waals surface area contributed by atoms with Crippen molar-refractivity contribution >= 4 is 11.6 Å². The summed E-state index contributed by atoms with van der Waals surface area (Å²) in [5.41, 5.74) is 3.59. The maximum atomic E-state index is 11.8. The fourth-order valence-corrected chi connectivity index (χ4v) is 1.94. The van der Waals surface area contributed by atoms with Gasteiger partial charge in [-0.25, -0.2) is 14.8 Å². The first-order valence-corrected chi connectivity index (χ1v) is 6.52. The van der Waals surface area contributed by atoms with Gasteiger partial charge in [0.15, 0.2) is 5.69 Å². The second-order valence-electron chi connectivity index (χ2n) is 4.82. The minimum absolute atomic E-state index is 0.106. The van der Waals surface area contributed by atoms with E-state index in [-0.39, 0.29) is 12.3 Å². The van der Waals surface area contributed by atoms with Crippen LogP contribution < -0.4 is 0 Å². The Kier molecular flexibility index (Phi) is 3.35. The van der Waals surface area contributed by atoms with Gasteiger partial charge in [-0.15, -0.1) is 0 Å². The Balaban J connectivity index is 1.71. The molecule has 106 valence electrons. The van der Waals surface area contributed by atoms with Gasteiger partial charge in [-0.3, -0.25) is 4.98 Å². The minimum atomic E-state index is -0.504. The molecule has 0 radical (unpaired) electrons. The lowest BCUT2D eigenvalue weighted by atomic mass is 10.3. The van der Waals surface area contributed by atoms with Crippen molar-refractivity contribution < 1.29 is 9.53 Å². The van der Waals surface area contributed by atoms with Gasteiger partial charge < -0.3 is 9.14 Å². The van der Waals surface area contributed by atoms with Gasteiger partial charge in [0.1, 0.15) is 12.3 Å². The highest BCUT2D eigenvalue weighted by atomic mass is 16.5. The summed E-state index contributed by atoms with van der Waals surface area (Å²) in [6.07, 6.45) is 6.75. The molecule has 0 unspecified atom stereocenters. The molecule has 0 amide bonds. The van der Waals surface area contributed by atoms with Crippen molar-refractivity contribution in [2.45, 2.75) is 20.5 Å². The van der Waals surface area contributed by atoms with Gasteiger partial charge in [0.2, 0.25) is 0 Å². The number of esters is 1. The second-order valence-corrected chi connectivity index (χ2v) is 4.82. The number of hydrogen-bond donors (Lipinski definition) is 0. The molecular formula is C15H14N4O2. The number of hydrogen-bond acceptors (Lipinski definition) is 5. The molecule has 3 rings (SSSR count). The van der Waals surface area contributed by atoms with Crippen LogP contribution in [0, 0.1) is 13.8 Å². The van der Waals surface area contributed by atoms with E-state index in [1.807, 2.05) is 35.9 Å². The Labute approximate surface area is 121 Å². The number of pyridine rings is 1. The summed E-state index contributed by atoms with van der Waals surface area (Å²) in [7, 11) is 0. The van der Waals surface area contributed by atoms with Crippen LogP contribution >= 0.6 is 0 Å². The van der Waals surface area contributed by atoms with E-state index in [1.165, 1.54) is 12.4 Å². The topological polar surface area (TPSA) is 69.4 Å². The number of aryl methyl sites for hydroxylation is 2. The molecule has 0 spiro atoms. The van der Waals surface area contributed by atoms with Crippen LogP contribution in [0.2, 0.25) is 0 Å². The van der Waals surface area contributed by atoms with E-state index < -0.39 is 5.97 Å². The fourth-order valence-electron chi connectivity index (χ4n) is 1.94. The zero-order valence-electron chi connectivity index (χ0n) is 11.8. The van der Waals surface area contributed by atoms with E-state index in [4.69, 9.17) is 4.74 Å². The van der Waals surface area contributed by atoms with Crippen LogP contribution in [-0.2, 0) is 11.3 Å². The highest BCUT2D eigenvalue weighted by Gasteiger charge is 2.10. The van der Waals surface area contributed by atoms with Gasteiger partial charge in [0.05, 0.1) is 17.6 Å². The van der Waals surface area contributed by atoms with Crippen molar-refractivity contribution in [2.75, 3.05) is 0 Å². The van der Waals surface area contributed by atoms with E-state index >= 15 is 0 Å². The van der Waals surface area contributed by atoms with Crippen molar-refractivity contribution in [1.82, 2.24) is 19.4 Å². The molecule has 0 saturated carbocycles. The lowest BCUT2D eigenvalue weighted by Crippen LogP contribution is -2.08. The number of imidazole rings is 1. The lowest BCUT2D eigenvalue weighted by molar-refractivity contribution is 0.0460. The standard InChI is InChI=1S/C15H14N4O2/c1-10-3-4-14-18-12(8-19(14)7-10)9-21-15(20)13-6-16-11(2)5-17-13/h3-8H,9H2,1-2H3. The Hall–Kier alpha value is -2.76. The zero-order chi connectivity index (χ0) is 14.8. The molecule has 0 N–H and O–H groups in total. The number of nitrogens with zero attached hydrogens (tertiary/aromatic N) is 4. The summed E-state index contributed by atoms with van der Waals surface area (Å²) in [5.74, 6) is -0.504. The Morgan fingerprint density at radius 2 is 2.05 bits per heavy atom. The maximum absolute atomic E-state index is 11.8. The molecular weight excluding hydrogens is 268 g/mol. The molecule has 3 aromatic rings. The van der Waals surface area contributed by atoms with Gasteiger partial charge in [-0.2, -0.15) is 0 Å². The van der Waals surface area contributed by atoms with Crippen LogP contribution in [-0.4, -0.2) is 25.3 Å². The highest BCUT2D eigenvalue weighted by Crippen LogP contribution is 2.09. The molecule has 0 aliphatic rings. The average Bonchev–Trinajstić information content (AvgIpc) is 2.87. The number of ether oxygens (including phenoxy) is 1. The van der Waals surface area contributed by atoms with Crippen molar-refractivity contribution in [2.24, 2.45) is 0 Å². The van der Waals surface area contributed by atoms with Gasteiger partial charge in [-0.05, 0) is 25.5 Å². The zero-order valence-corrected chi connectivity index (χ0v) is 11.8. The number of carbonyl (C=O) groups is 1. The Bertz CT molecular complexity index is 793. The first-order chi connectivity index (χ1) is 10.1. The molecule has 0 fully saturated rings. The first kappa shape index (κ1) is 13.2. The summed E-state index contributed by atoms with van der Waals surface area (Å²) in [6, 6.07) is 3.91.